The number of alkyl halides is 3. The van der Waals surface area contributed by atoms with E-state index in [-0.39, 0.29) is 21.8 Å². The van der Waals surface area contributed by atoms with Crippen LogP contribution in [0.2, 0.25) is 0 Å². The van der Waals surface area contributed by atoms with Gasteiger partial charge in [0.15, 0.2) is 11.3 Å². The molecule has 4 aromatic heterocycles. The lowest BCUT2D eigenvalue weighted by Crippen LogP contribution is -2.30. The number of fused-ring (bicyclic) bond motifs is 1. The van der Waals surface area contributed by atoms with Gasteiger partial charge in [-0.15, -0.1) is 0 Å². The van der Waals surface area contributed by atoms with Crippen molar-refractivity contribution in [3.63, 3.8) is 0 Å². The van der Waals surface area contributed by atoms with Crippen LogP contribution in [0.4, 0.5) is 13.2 Å². The summed E-state index contributed by atoms with van der Waals surface area (Å²) in [5, 5.41) is 8.54. The average Bonchev–Trinajstić information content (AvgIpc) is 3.74. The first kappa shape index (κ1) is 32.4. The summed E-state index contributed by atoms with van der Waals surface area (Å²) in [7, 11) is -4.44. The zero-order valence-electron chi connectivity index (χ0n) is 26.2. The van der Waals surface area contributed by atoms with E-state index in [0.717, 1.165) is 21.9 Å². The molecule has 0 aliphatic heterocycles. The van der Waals surface area contributed by atoms with Crippen LogP contribution < -0.4 is 4.72 Å². The normalized spacial score (nSPS) is 11.9. The van der Waals surface area contributed by atoms with Crippen LogP contribution in [0.25, 0.3) is 39.2 Å². The second kappa shape index (κ2) is 12.7. The zero-order valence-corrected chi connectivity index (χ0v) is 27.0. The van der Waals surface area contributed by atoms with E-state index in [0.29, 0.717) is 34.4 Å². The molecule has 1 amide bonds. The van der Waals surface area contributed by atoms with Gasteiger partial charge >= 0.3 is 6.18 Å². The summed E-state index contributed by atoms with van der Waals surface area (Å²) in [5.74, 6) is -0.914. The molecule has 0 fully saturated rings. The molecule has 7 rings (SSSR count). The molecule has 0 aliphatic carbocycles. The Bertz CT molecular complexity index is 2450. The van der Waals surface area contributed by atoms with Crippen molar-refractivity contribution < 1.29 is 26.4 Å². The van der Waals surface area contributed by atoms with Crippen LogP contribution in [0.3, 0.4) is 0 Å². The number of amides is 1. The number of nitrogens with one attached hydrogen (secondary N) is 1. The molecule has 14 heteroatoms. The standard InChI is InChI=1S/C36H26F3N7O3S/c1-23-9-11-26(12-10-23)32-19-33(36(37,38)39)43-46(32)27-13-15-28(16-14-27)50(48,49)44-35(47)29-18-31(25-7-3-2-4-8-25)42-34-30(29)21-41-45(34)22-24-6-5-17-40-20-24/h2-21H,22H2,1H3,(H,44,47). The van der Waals surface area contributed by atoms with E-state index >= 15 is 0 Å². The van der Waals surface area contributed by atoms with Gasteiger partial charge in [-0.1, -0.05) is 66.2 Å². The molecule has 0 bridgehead atoms. The van der Waals surface area contributed by atoms with Crippen molar-refractivity contribution >= 4 is 27.0 Å². The Morgan fingerprint density at radius 3 is 2.28 bits per heavy atom. The van der Waals surface area contributed by atoms with E-state index in [1.165, 1.54) is 36.5 Å². The quantitative estimate of drug-likeness (QED) is 0.185. The van der Waals surface area contributed by atoms with Crippen molar-refractivity contribution in [2.24, 2.45) is 0 Å². The first-order valence-corrected chi connectivity index (χ1v) is 16.7. The highest BCUT2D eigenvalue weighted by Gasteiger charge is 2.35. The highest BCUT2D eigenvalue weighted by molar-refractivity contribution is 7.90. The van der Waals surface area contributed by atoms with Crippen LogP contribution >= 0.6 is 0 Å². The second-order valence-corrected chi connectivity index (χ2v) is 13.1. The summed E-state index contributed by atoms with van der Waals surface area (Å²) >= 11 is 0. The number of benzene rings is 3. The first-order valence-electron chi connectivity index (χ1n) is 15.2. The fraction of sp³-hybridized carbons (Fsp3) is 0.0833. The predicted molar refractivity (Wildman–Crippen MR) is 180 cm³/mol. The summed E-state index contributed by atoms with van der Waals surface area (Å²) in [6.45, 7) is 2.16. The summed E-state index contributed by atoms with van der Waals surface area (Å²) in [6.07, 6.45) is 0.0859. The third-order valence-corrected chi connectivity index (χ3v) is 9.29. The van der Waals surface area contributed by atoms with Gasteiger partial charge in [0.25, 0.3) is 15.9 Å². The summed E-state index contributed by atoms with van der Waals surface area (Å²) in [5.41, 5.74) is 3.05. The summed E-state index contributed by atoms with van der Waals surface area (Å²) in [6, 6.07) is 27.1. The average molecular weight is 694 g/mol. The molecule has 0 aliphatic rings. The zero-order chi connectivity index (χ0) is 35.0. The Morgan fingerprint density at radius 2 is 1.60 bits per heavy atom. The maximum Gasteiger partial charge on any atom is 0.435 e. The van der Waals surface area contributed by atoms with Gasteiger partial charge in [-0.25, -0.2) is 27.5 Å². The third-order valence-electron chi connectivity index (χ3n) is 7.94. The van der Waals surface area contributed by atoms with Crippen molar-refractivity contribution in [2.75, 3.05) is 0 Å². The third kappa shape index (κ3) is 6.48. The number of sulfonamides is 1. The minimum Gasteiger partial charge on any atom is -0.268 e. The second-order valence-electron chi connectivity index (χ2n) is 11.4. The predicted octanol–water partition coefficient (Wildman–Crippen LogP) is 6.84. The Hall–Kier alpha value is -6.15. The van der Waals surface area contributed by atoms with Crippen molar-refractivity contribution in [1.29, 1.82) is 0 Å². The van der Waals surface area contributed by atoms with Crippen LogP contribution in [0.5, 0.6) is 0 Å². The Kier molecular flexibility index (Phi) is 8.23. The largest absolute Gasteiger partial charge is 0.435 e. The van der Waals surface area contributed by atoms with Crippen molar-refractivity contribution in [1.82, 2.24) is 34.3 Å². The van der Waals surface area contributed by atoms with Crippen LogP contribution in [0.15, 0.2) is 127 Å². The lowest BCUT2D eigenvalue weighted by atomic mass is 10.1. The Balaban J connectivity index is 1.22. The Morgan fingerprint density at radius 1 is 0.860 bits per heavy atom. The van der Waals surface area contributed by atoms with Gasteiger partial charge in [0.1, 0.15) is 0 Å². The number of halogens is 3. The van der Waals surface area contributed by atoms with E-state index in [1.807, 2.05) is 43.3 Å². The van der Waals surface area contributed by atoms with Crippen LogP contribution in [-0.2, 0) is 22.7 Å². The SMILES string of the molecule is Cc1ccc(-c2cc(C(F)(F)F)nn2-c2ccc(S(=O)(=O)NC(=O)c3cc(-c4ccccc4)nc4c3cnn4Cc3cccnc3)cc2)cc1. The van der Waals surface area contributed by atoms with E-state index in [1.54, 1.807) is 47.4 Å². The number of carbonyl (C=O) groups is 1. The highest BCUT2D eigenvalue weighted by Crippen LogP contribution is 2.34. The molecular weight excluding hydrogens is 668 g/mol. The number of aromatic nitrogens is 6. The molecule has 7 aromatic rings. The van der Waals surface area contributed by atoms with Crippen molar-refractivity contribution in [3.05, 3.63) is 144 Å². The van der Waals surface area contributed by atoms with E-state index < -0.39 is 27.8 Å². The molecule has 3 aromatic carbocycles. The minimum atomic E-state index is -4.70. The molecule has 50 heavy (non-hydrogen) atoms. The van der Waals surface area contributed by atoms with Crippen LogP contribution in [0, 0.1) is 6.92 Å². The van der Waals surface area contributed by atoms with E-state index in [4.69, 9.17) is 4.98 Å². The van der Waals surface area contributed by atoms with Gasteiger partial charge in [-0.3, -0.25) is 9.78 Å². The van der Waals surface area contributed by atoms with E-state index in [2.05, 4.69) is 19.9 Å². The smallest absolute Gasteiger partial charge is 0.268 e. The molecule has 250 valence electrons. The van der Waals surface area contributed by atoms with Crippen LogP contribution in [0.1, 0.15) is 27.2 Å². The summed E-state index contributed by atoms with van der Waals surface area (Å²) in [4.78, 5) is 22.3. The van der Waals surface area contributed by atoms with Gasteiger partial charge in [0.2, 0.25) is 0 Å². The molecule has 0 unspecified atom stereocenters. The molecule has 1 N–H and O–H groups in total. The maximum absolute atomic E-state index is 13.7. The highest BCUT2D eigenvalue weighted by atomic mass is 32.2. The first-order chi connectivity index (χ1) is 24.0. The molecule has 0 radical (unpaired) electrons. The monoisotopic (exact) mass is 693 g/mol. The lowest BCUT2D eigenvalue weighted by Gasteiger charge is -2.12. The van der Waals surface area contributed by atoms with Gasteiger partial charge in [-0.2, -0.15) is 23.4 Å². The number of nitrogens with zero attached hydrogens (tertiary/aromatic N) is 6. The molecule has 0 atom stereocenters. The molecule has 10 nitrogen and oxygen atoms in total. The van der Waals surface area contributed by atoms with Gasteiger partial charge in [0.05, 0.1) is 45.7 Å². The molecule has 0 saturated carbocycles. The minimum absolute atomic E-state index is 0.0328. The van der Waals surface area contributed by atoms with Gasteiger partial charge in [-0.05, 0) is 55.0 Å². The number of aryl methyl sites for hydroxylation is 1. The fourth-order valence-corrected chi connectivity index (χ4v) is 6.39. The topological polar surface area (TPSA) is 125 Å². The molecular formula is C36H26F3N7O3S. The molecule has 0 spiro atoms. The van der Waals surface area contributed by atoms with Gasteiger partial charge in [0, 0.05) is 23.5 Å². The van der Waals surface area contributed by atoms with E-state index in [9.17, 15) is 26.4 Å². The number of hydrogen-bond acceptors (Lipinski definition) is 7. The van der Waals surface area contributed by atoms with Crippen molar-refractivity contribution in [3.8, 4) is 28.2 Å². The number of hydrogen-bond donors (Lipinski definition) is 1. The Labute approximate surface area is 283 Å². The number of rotatable bonds is 8. The summed E-state index contributed by atoms with van der Waals surface area (Å²) < 4.78 is 72.9. The lowest BCUT2D eigenvalue weighted by molar-refractivity contribution is -0.141. The number of carbonyl (C=O) groups excluding carboxylic acids is 1. The fourth-order valence-electron chi connectivity index (χ4n) is 5.42. The molecule has 4 heterocycles. The maximum atomic E-state index is 13.7. The van der Waals surface area contributed by atoms with Gasteiger partial charge < -0.3 is 0 Å². The van der Waals surface area contributed by atoms with Crippen molar-refractivity contribution in [2.45, 2.75) is 24.5 Å². The van der Waals surface area contributed by atoms with Crippen LogP contribution in [-0.4, -0.2) is 43.9 Å². The number of pyridine rings is 2. The molecule has 0 saturated heterocycles.